The third-order valence-electron chi connectivity index (χ3n) is 3.92. The molecular formula is C18H20O. The lowest BCUT2D eigenvalue weighted by atomic mass is 9.89. The Labute approximate surface area is 115 Å². The summed E-state index contributed by atoms with van der Waals surface area (Å²) < 4.78 is 0. The fourth-order valence-electron chi connectivity index (χ4n) is 2.54. The van der Waals surface area contributed by atoms with Gasteiger partial charge in [-0.05, 0) is 74.1 Å². The second-order valence-corrected chi connectivity index (χ2v) is 5.27. The first kappa shape index (κ1) is 13.5. The highest BCUT2D eigenvalue weighted by atomic mass is 16.1. The Morgan fingerprint density at radius 1 is 0.895 bits per heavy atom. The Hall–Kier alpha value is -1.89. The van der Waals surface area contributed by atoms with E-state index in [1.54, 1.807) is 6.92 Å². The predicted octanol–water partition coefficient (Wildman–Crippen LogP) is 4.79. The van der Waals surface area contributed by atoms with Gasteiger partial charge in [-0.15, -0.1) is 0 Å². The Kier molecular flexibility index (Phi) is 3.57. The number of Topliss-reactive ketones (excluding diaryl/α,β-unsaturated/α-hetero) is 1. The van der Waals surface area contributed by atoms with Gasteiger partial charge < -0.3 is 0 Å². The zero-order valence-electron chi connectivity index (χ0n) is 12.3. The molecule has 0 unspecified atom stereocenters. The van der Waals surface area contributed by atoms with Gasteiger partial charge in [0.05, 0.1) is 0 Å². The molecule has 0 aliphatic carbocycles. The predicted molar refractivity (Wildman–Crippen MR) is 80.8 cm³/mol. The van der Waals surface area contributed by atoms with Crippen LogP contribution in [0.2, 0.25) is 0 Å². The third kappa shape index (κ3) is 2.46. The smallest absolute Gasteiger partial charge is 0.159 e. The quantitative estimate of drug-likeness (QED) is 0.702. The maximum absolute atomic E-state index is 11.5. The van der Waals surface area contributed by atoms with E-state index in [9.17, 15) is 4.79 Å². The average Bonchev–Trinajstić information content (AvgIpc) is 2.37. The second kappa shape index (κ2) is 5.00. The van der Waals surface area contributed by atoms with Crippen LogP contribution in [-0.2, 0) is 0 Å². The van der Waals surface area contributed by atoms with Crippen LogP contribution in [0.25, 0.3) is 11.1 Å². The molecule has 0 saturated carbocycles. The van der Waals surface area contributed by atoms with E-state index in [2.05, 4.69) is 39.8 Å². The standard InChI is InChI=1S/C18H20O/c1-11-9-12(2)14(4)18(13(11)3)17-8-6-7-16(10-17)15(5)19/h6-10H,1-5H3. The molecule has 2 aromatic rings. The molecule has 0 aliphatic heterocycles. The van der Waals surface area contributed by atoms with Crippen LogP contribution in [0, 0.1) is 27.7 Å². The van der Waals surface area contributed by atoms with Gasteiger partial charge in [0.2, 0.25) is 0 Å². The van der Waals surface area contributed by atoms with Crippen molar-refractivity contribution in [3.8, 4) is 11.1 Å². The highest BCUT2D eigenvalue weighted by Gasteiger charge is 2.11. The van der Waals surface area contributed by atoms with E-state index in [0.717, 1.165) is 11.1 Å². The lowest BCUT2D eigenvalue weighted by molar-refractivity contribution is 0.101. The molecule has 0 spiro atoms. The van der Waals surface area contributed by atoms with Gasteiger partial charge in [-0.1, -0.05) is 24.3 Å². The van der Waals surface area contributed by atoms with Crippen LogP contribution in [0.3, 0.4) is 0 Å². The fraction of sp³-hybridized carbons (Fsp3) is 0.278. The molecule has 0 amide bonds. The van der Waals surface area contributed by atoms with Crippen LogP contribution >= 0.6 is 0 Å². The minimum absolute atomic E-state index is 0.113. The number of carbonyl (C=O) groups is 1. The normalized spacial score (nSPS) is 10.6. The fourth-order valence-corrected chi connectivity index (χ4v) is 2.54. The minimum Gasteiger partial charge on any atom is -0.295 e. The Balaban J connectivity index is 2.72. The van der Waals surface area contributed by atoms with Crippen LogP contribution in [0.15, 0.2) is 30.3 Å². The van der Waals surface area contributed by atoms with E-state index in [4.69, 9.17) is 0 Å². The summed E-state index contributed by atoms with van der Waals surface area (Å²) in [5.74, 6) is 0.113. The van der Waals surface area contributed by atoms with Gasteiger partial charge in [-0.3, -0.25) is 4.79 Å². The number of benzene rings is 2. The van der Waals surface area contributed by atoms with Gasteiger partial charge in [0.1, 0.15) is 0 Å². The summed E-state index contributed by atoms with van der Waals surface area (Å²) in [6.45, 7) is 10.2. The average molecular weight is 252 g/mol. The van der Waals surface area contributed by atoms with E-state index >= 15 is 0 Å². The molecule has 2 rings (SSSR count). The monoisotopic (exact) mass is 252 g/mol. The molecule has 0 saturated heterocycles. The summed E-state index contributed by atoms with van der Waals surface area (Å²) in [6, 6.07) is 10.1. The molecule has 0 fully saturated rings. The van der Waals surface area contributed by atoms with Gasteiger partial charge in [0.15, 0.2) is 5.78 Å². The Morgan fingerprint density at radius 2 is 1.47 bits per heavy atom. The van der Waals surface area contributed by atoms with Crippen molar-refractivity contribution in [2.75, 3.05) is 0 Å². The molecule has 19 heavy (non-hydrogen) atoms. The highest BCUT2D eigenvalue weighted by molar-refractivity contribution is 5.95. The van der Waals surface area contributed by atoms with Crippen molar-refractivity contribution in [1.29, 1.82) is 0 Å². The van der Waals surface area contributed by atoms with E-state index in [1.807, 2.05) is 18.2 Å². The molecule has 0 radical (unpaired) electrons. The first-order chi connectivity index (χ1) is 8.91. The Bertz CT molecular complexity index is 625. The Morgan fingerprint density at radius 3 is 2.00 bits per heavy atom. The SMILES string of the molecule is CC(=O)c1cccc(-c2c(C)c(C)cc(C)c2C)c1. The van der Waals surface area contributed by atoms with Crippen molar-refractivity contribution in [3.63, 3.8) is 0 Å². The summed E-state index contributed by atoms with van der Waals surface area (Å²) in [6.07, 6.45) is 0. The number of rotatable bonds is 2. The largest absolute Gasteiger partial charge is 0.295 e. The van der Waals surface area contributed by atoms with Crippen LogP contribution in [0.5, 0.6) is 0 Å². The van der Waals surface area contributed by atoms with Gasteiger partial charge in [-0.25, -0.2) is 0 Å². The van der Waals surface area contributed by atoms with Gasteiger partial charge >= 0.3 is 0 Å². The van der Waals surface area contributed by atoms with Crippen molar-refractivity contribution >= 4 is 5.78 Å². The summed E-state index contributed by atoms with van der Waals surface area (Å²) in [5.41, 5.74) is 8.36. The number of hydrogen-bond donors (Lipinski definition) is 0. The minimum atomic E-state index is 0.113. The summed E-state index contributed by atoms with van der Waals surface area (Å²) in [4.78, 5) is 11.5. The van der Waals surface area contributed by atoms with Gasteiger partial charge in [0.25, 0.3) is 0 Å². The van der Waals surface area contributed by atoms with Crippen molar-refractivity contribution in [2.24, 2.45) is 0 Å². The maximum Gasteiger partial charge on any atom is 0.159 e. The number of aryl methyl sites for hydroxylation is 2. The lowest BCUT2D eigenvalue weighted by Gasteiger charge is -2.16. The molecule has 0 heterocycles. The third-order valence-corrected chi connectivity index (χ3v) is 3.92. The summed E-state index contributed by atoms with van der Waals surface area (Å²) >= 11 is 0. The van der Waals surface area contributed by atoms with Crippen LogP contribution in [0.4, 0.5) is 0 Å². The molecular weight excluding hydrogens is 232 g/mol. The number of hydrogen-bond acceptors (Lipinski definition) is 1. The molecule has 0 bridgehead atoms. The first-order valence-electron chi connectivity index (χ1n) is 6.60. The molecule has 1 heteroatoms. The topological polar surface area (TPSA) is 17.1 Å². The zero-order valence-corrected chi connectivity index (χ0v) is 12.3. The molecule has 0 N–H and O–H groups in total. The number of carbonyl (C=O) groups excluding carboxylic acids is 1. The summed E-state index contributed by atoms with van der Waals surface area (Å²) in [5, 5.41) is 0. The summed E-state index contributed by atoms with van der Waals surface area (Å²) in [7, 11) is 0. The van der Waals surface area contributed by atoms with Crippen LogP contribution in [0.1, 0.15) is 39.5 Å². The molecule has 98 valence electrons. The van der Waals surface area contributed by atoms with Crippen molar-refractivity contribution < 1.29 is 4.79 Å². The highest BCUT2D eigenvalue weighted by Crippen LogP contribution is 2.31. The first-order valence-corrected chi connectivity index (χ1v) is 6.60. The van der Waals surface area contributed by atoms with Crippen LogP contribution < -0.4 is 0 Å². The number of ketones is 1. The maximum atomic E-state index is 11.5. The molecule has 0 atom stereocenters. The van der Waals surface area contributed by atoms with Crippen molar-refractivity contribution in [3.05, 3.63) is 58.1 Å². The van der Waals surface area contributed by atoms with Crippen molar-refractivity contribution in [1.82, 2.24) is 0 Å². The lowest BCUT2D eigenvalue weighted by Crippen LogP contribution is -1.97. The second-order valence-electron chi connectivity index (χ2n) is 5.27. The van der Waals surface area contributed by atoms with Gasteiger partial charge in [0, 0.05) is 5.56 Å². The zero-order chi connectivity index (χ0) is 14.2. The molecule has 1 nitrogen and oxygen atoms in total. The van der Waals surface area contributed by atoms with E-state index < -0.39 is 0 Å². The van der Waals surface area contributed by atoms with E-state index in [-0.39, 0.29) is 5.78 Å². The van der Waals surface area contributed by atoms with Crippen LogP contribution in [-0.4, -0.2) is 5.78 Å². The van der Waals surface area contributed by atoms with E-state index in [1.165, 1.54) is 27.8 Å². The van der Waals surface area contributed by atoms with Crippen molar-refractivity contribution in [2.45, 2.75) is 34.6 Å². The van der Waals surface area contributed by atoms with E-state index in [0.29, 0.717) is 0 Å². The molecule has 0 aliphatic rings. The van der Waals surface area contributed by atoms with Gasteiger partial charge in [-0.2, -0.15) is 0 Å². The molecule has 2 aromatic carbocycles. The molecule has 0 aromatic heterocycles.